The summed E-state index contributed by atoms with van der Waals surface area (Å²) in [5.74, 6) is -2.95. The van der Waals surface area contributed by atoms with Crippen molar-refractivity contribution in [2.75, 3.05) is 26.0 Å². The Balaban J connectivity index is 1.13. The van der Waals surface area contributed by atoms with Crippen molar-refractivity contribution in [1.82, 2.24) is 24.7 Å². The number of aromatic nitrogens is 2. The van der Waals surface area contributed by atoms with Crippen molar-refractivity contribution in [1.29, 1.82) is 0 Å². The minimum absolute atomic E-state index is 0.0340. The molecule has 0 bridgehead atoms. The Morgan fingerprint density at radius 1 is 1.07 bits per heavy atom. The highest BCUT2D eigenvalue weighted by Gasteiger charge is 2.49. The predicted octanol–water partition coefficient (Wildman–Crippen LogP) is 3.98. The molecule has 6 rings (SSSR count). The second-order valence-electron chi connectivity index (χ2n) is 11.8. The Labute approximate surface area is 247 Å². The standard InChI is InChI=1S/C31H33F3N6O3/c1-38(2)30(43)19-12-23(32)22(24(33)13-19)17-39-10-11-40-26(31(39)8-3-9-31)16-35-27(40)29(42)36-15-18-4-6-20(7-5-18)37-28(41)21-14-25(21)34/h4-7,12-13,16,21,25H,3,8-11,14-15,17H2,1-2H3,(H,36,42)(H,37,41)/t21-,25+/m1/s1. The van der Waals surface area contributed by atoms with E-state index in [0.717, 1.165) is 42.7 Å². The topological polar surface area (TPSA) is 99.6 Å². The Morgan fingerprint density at radius 2 is 1.74 bits per heavy atom. The lowest BCUT2D eigenvalue weighted by Gasteiger charge is -2.53. The number of hydrogen-bond donors (Lipinski definition) is 2. The molecule has 2 fully saturated rings. The monoisotopic (exact) mass is 594 g/mol. The molecule has 1 spiro atoms. The maximum absolute atomic E-state index is 15.1. The second kappa shape index (κ2) is 11.1. The van der Waals surface area contributed by atoms with Crippen LogP contribution in [0.4, 0.5) is 18.9 Å². The molecule has 2 aromatic carbocycles. The average Bonchev–Trinajstić information content (AvgIpc) is 3.54. The van der Waals surface area contributed by atoms with Crippen LogP contribution in [0.3, 0.4) is 0 Å². The Morgan fingerprint density at radius 3 is 2.33 bits per heavy atom. The van der Waals surface area contributed by atoms with Gasteiger partial charge in [-0.3, -0.25) is 19.3 Å². The molecular formula is C31H33F3N6O3. The first-order valence-electron chi connectivity index (χ1n) is 14.4. The summed E-state index contributed by atoms with van der Waals surface area (Å²) in [6, 6.07) is 9.15. The highest BCUT2D eigenvalue weighted by molar-refractivity contribution is 5.95. The number of amides is 3. The molecule has 43 heavy (non-hydrogen) atoms. The van der Waals surface area contributed by atoms with Crippen molar-refractivity contribution >= 4 is 23.4 Å². The summed E-state index contributed by atoms with van der Waals surface area (Å²) in [5.41, 5.74) is 1.62. The van der Waals surface area contributed by atoms with Crippen molar-refractivity contribution in [2.24, 2.45) is 5.92 Å². The van der Waals surface area contributed by atoms with Gasteiger partial charge in [0.25, 0.3) is 11.8 Å². The molecule has 226 valence electrons. The summed E-state index contributed by atoms with van der Waals surface area (Å²) < 4.78 is 45.2. The fourth-order valence-corrected chi connectivity index (χ4v) is 6.03. The van der Waals surface area contributed by atoms with Crippen LogP contribution in [0.2, 0.25) is 0 Å². The van der Waals surface area contributed by atoms with Gasteiger partial charge in [0, 0.05) is 57.1 Å². The zero-order valence-electron chi connectivity index (χ0n) is 24.0. The predicted molar refractivity (Wildman–Crippen MR) is 152 cm³/mol. The molecule has 0 unspecified atom stereocenters. The number of anilines is 1. The lowest BCUT2D eigenvalue weighted by atomic mass is 9.72. The highest BCUT2D eigenvalue weighted by atomic mass is 19.1. The van der Waals surface area contributed by atoms with Crippen LogP contribution >= 0.6 is 0 Å². The Kier molecular flexibility index (Phi) is 7.49. The summed E-state index contributed by atoms with van der Waals surface area (Å²) in [6.45, 7) is 1.17. The summed E-state index contributed by atoms with van der Waals surface area (Å²) in [5, 5.41) is 5.59. The van der Waals surface area contributed by atoms with E-state index in [1.165, 1.54) is 19.0 Å². The van der Waals surface area contributed by atoms with Gasteiger partial charge in [0.1, 0.15) is 17.8 Å². The number of hydrogen-bond acceptors (Lipinski definition) is 5. The molecule has 2 N–H and O–H groups in total. The van der Waals surface area contributed by atoms with Gasteiger partial charge < -0.3 is 20.1 Å². The van der Waals surface area contributed by atoms with Gasteiger partial charge in [-0.1, -0.05) is 12.1 Å². The zero-order chi connectivity index (χ0) is 30.5. The minimum Gasteiger partial charge on any atom is -0.345 e. The van der Waals surface area contributed by atoms with Gasteiger partial charge in [0.15, 0.2) is 5.82 Å². The first-order chi connectivity index (χ1) is 20.6. The van der Waals surface area contributed by atoms with E-state index in [1.54, 1.807) is 30.5 Å². The van der Waals surface area contributed by atoms with Gasteiger partial charge >= 0.3 is 0 Å². The molecule has 2 atom stereocenters. The number of nitrogens with zero attached hydrogens (tertiary/aromatic N) is 4. The molecule has 2 aliphatic carbocycles. The minimum atomic E-state index is -1.06. The lowest BCUT2D eigenvalue weighted by Crippen LogP contribution is -2.56. The number of benzene rings is 2. The molecule has 3 aromatic rings. The van der Waals surface area contributed by atoms with Crippen molar-refractivity contribution < 1.29 is 27.6 Å². The van der Waals surface area contributed by atoms with Crippen molar-refractivity contribution in [2.45, 2.75) is 57.0 Å². The van der Waals surface area contributed by atoms with E-state index in [9.17, 15) is 18.8 Å². The largest absolute Gasteiger partial charge is 0.345 e. The van der Waals surface area contributed by atoms with Gasteiger partial charge in [0.2, 0.25) is 5.91 Å². The zero-order valence-corrected chi connectivity index (χ0v) is 24.0. The number of halogens is 3. The molecule has 9 nitrogen and oxygen atoms in total. The van der Waals surface area contributed by atoms with Gasteiger partial charge in [-0.05, 0) is 55.5 Å². The van der Waals surface area contributed by atoms with Gasteiger partial charge in [-0.15, -0.1) is 0 Å². The maximum atomic E-state index is 15.1. The Hall–Kier alpha value is -4.19. The SMILES string of the molecule is CN(C)C(=O)c1cc(F)c(CN2CCn3c(cnc3C(=O)NCc3ccc(NC(=O)[C@@H]4C[C@@H]4F)cc3)C23CCC3)c(F)c1. The third-order valence-electron chi connectivity index (χ3n) is 8.78. The average molecular weight is 595 g/mol. The number of nitrogens with one attached hydrogen (secondary N) is 2. The summed E-state index contributed by atoms with van der Waals surface area (Å²) in [7, 11) is 3.05. The van der Waals surface area contributed by atoms with Gasteiger partial charge in [-0.25, -0.2) is 18.2 Å². The van der Waals surface area contributed by atoms with E-state index in [1.807, 2.05) is 4.57 Å². The quantitative estimate of drug-likeness (QED) is 0.411. The smallest absolute Gasteiger partial charge is 0.287 e. The van der Waals surface area contributed by atoms with Crippen LogP contribution < -0.4 is 10.6 Å². The van der Waals surface area contributed by atoms with Crippen LogP contribution in [0.5, 0.6) is 0 Å². The van der Waals surface area contributed by atoms with Gasteiger partial charge in [0.05, 0.1) is 23.3 Å². The molecule has 12 heteroatoms. The third-order valence-corrected chi connectivity index (χ3v) is 8.78. The van der Waals surface area contributed by atoms with Crippen molar-refractivity contribution in [3.63, 3.8) is 0 Å². The third kappa shape index (κ3) is 5.39. The number of rotatable bonds is 8. The van der Waals surface area contributed by atoms with E-state index in [-0.39, 0.29) is 48.3 Å². The second-order valence-corrected chi connectivity index (χ2v) is 11.8. The number of fused-ring (bicyclic) bond motifs is 2. The van der Waals surface area contributed by atoms with Crippen LogP contribution in [-0.2, 0) is 30.0 Å². The van der Waals surface area contributed by atoms with Crippen molar-refractivity contribution in [3.05, 3.63) is 82.4 Å². The molecule has 3 aliphatic rings. The highest BCUT2D eigenvalue weighted by Crippen LogP contribution is 2.49. The first-order valence-corrected chi connectivity index (χ1v) is 14.4. The van der Waals surface area contributed by atoms with Crippen LogP contribution in [-0.4, -0.2) is 63.9 Å². The molecule has 2 saturated carbocycles. The number of carbonyl (C=O) groups is 3. The van der Waals surface area contributed by atoms with E-state index in [0.29, 0.717) is 18.8 Å². The number of imidazole rings is 1. The van der Waals surface area contributed by atoms with E-state index >= 15 is 8.78 Å². The normalized spacial score (nSPS) is 20.2. The first kappa shape index (κ1) is 28.9. The number of alkyl halides is 1. The van der Waals surface area contributed by atoms with E-state index in [2.05, 4.69) is 20.5 Å². The Bertz CT molecular complexity index is 1560. The van der Waals surface area contributed by atoms with Crippen LogP contribution in [0.1, 0.15) is 63.5 Å². The fourth-order valence-electron chi connectivity index (χ4n) is 6.03. The number of carbonyl (C=O) groups excluding carboxylic acids is 3. The summed E-state index contributed by atoms with van der Waals surface area (Å²) in [6.07, 6.45) is 3.37. The van der Waals surface area contributed by atoms with E-state index in [4.69, 9.17) is 0 Å². The van der Waals surface area contributed by atoms with Crippen LogP contribution in [0, 0.1) is 17.6 Å². The van der Waals surface area contributed by atoms with Crippen molar-refractivity contribution in [3.8, 4) is 0 Å². The van der Waals surface area contributed by atoms with E-state index < -0.39 is 35.2 Å². The summed E-state index contributed by atoms with van der Waals surface area (Å²) in [4.78, 5) is 45.1. The van der Waals surface area contributed by atoms with Crippen LogP contribution in [0.15, 0.2) is 42.6 Å². The molecule has 2 heterocycles. The van der Waals surface area contributed by atoms with Gasteiger partial charge in [-0.2, -0.15) is 0 Å². The maximum Gasteiger partial charge on any atom is 0.287 e. The molecule has 1 aromatic heterocycles. The molecule has 3 amide bonds. The van der Waals surface area contributed by atoms with Crippen LogP contribution in [0.25, 0.3) is 0 Å². The lowest BCUT2D eigenvalue weighted by molar-refractivity contribution is -0.117. The molecule has 0 radical (unpaired) electrons. The molecule has 1 aliphatic heterocycles. The molecular weight excluding hydrogens is 561 g/mol. The molecule has 0 saturated heterocycles. The fraction of sp³-hybridized carbons (Fsp3) is 0.419. The summed E-state index contributed by atoms with van der Waals surface area (Å²) >= 11 is 0.